The van der Waals surface area contributed by atoms with Crippen molar-refractivity contribution in [2.75, 3.05) is 18.0 Å². The molecule has 27 heavy (non-hydrogen) atoms. The third-order valence-corrected chi connectivity index (χ3v) is 7.72. The SMILES string of the molecule is CC(=O)N1CCc2cc(C(=O)NCCC34CC5CC(CC(C5)C3)C4)ccc21. The third-order valence-electron chi connectivity index (χ3n) is 7.72. The molecule has 144 valence electrons. The second-order valence-electron chi connectivity index (χ2n) is 9.69. The Morgan fingerprint density at radius 2 is 1.78 bits per heavy atom. The summed E-state index contributed by atoms with van der Waals surface area (Å²) in [5, 5.41) is 3.18. The first kappa shape index (κ1) is 17.3. The molecule has 0 radical (unpaired) electrons. The molecule has 0 unspecified atom stereocenters. The Balaban J connectivity index is 1.20. The molecule has 5 aliphatic rings. The van der Waals surface area contributed by atoms with Gasteiger partial charge in [-0.1, -0.05) is 0 Å². The summed E-state index contributed by atoms with van der Waals surface area (Å²) in [6, 6.07) is 5.76. The van der Waals surface area contributed by atoms with Crippen LogP contribution in [0.5, 0.6) is 0 Å². The number of hydrogen-bond acceptors (Lipinski definition) is 2. The molecule has 1 heterocycles. The molecule has 6 rings (SSSR count). The molecular weight excluding hydrogens is 336 g/mol. The quantitative estimate of drug-likeness (QED) is 0.878. The largest absolute Gasteiger partial charge is 0.352 e. The highest BCUT2D eigenvalue weighted by Crippen LogP contribution is 2.61. The maximum atomic E-state index is 12.7. The number of anilines is 1. The molecule has 4 aliphatic carbocycles. The van der Waals surface area contributed by atoms with E-state index in [0.29, 0.717) is 5.41 Å². The molecule has 0 atom stereocenters. The van der Waals surface area contributed by atoms with Crippen LogP contribution < -0.4 is 10.2 Å². The number of fused-ring (bicyclic) bond motifs is 1. The number of rotatable bonds is 4. The number of hydrogen-bond donors (Lipinski definition) is 1. The molecular formula is C23H30N2O2. The summed E-state index contributed by atoms with van der Waals surface area (Å²) in [5.41, 5.74) is 3.32. The number of nitrogens with zero attached hydrogens (tertiary/aromatic N) is 1. The van der Waals surface area contributed by atoms with E-state index in [9.17, 15) is 9.59 Å². The van der Waals surface area contributed by atoms with Crippen LogP contribution in [0.25, 0.3) is 0 Å². The summed E-state index contributed by atoms with van der Waals surface area (Å²) in [5.74, 6) is 3.00. The number of benzene rings is 1. The fraction of sp³-hybridized carbons (Fsp3) is 0.652. The Kier molecular flexibility index (Phi) is 4.06. The topological polar surface area (TPSA) is 49.4 Å². The van der Waals surface area contributed by atoms with E-state index in [1.807, 2.05) is 18.2 Å². The lowest BCUT2D eigenvalue weighted by Crippen LogP contribution is -2.47. The highest BCUT2D eigenvalue weighted by Gasteiger charge is 2.50. The Morgan fingerprint density at radius 1 is 1.11 bits per heavy atom. The van der Waals surface area contributed by atoms with Crippen molar-refractivity contribution in [2.24, 2.45) is 23.2 Å². The zero-order valence-corrected chi connectivity index (χ0v) is 16.3. The van der Waals surface area contributed by atoms with Crippen molar-refractivity contribution in [1.29, 1.82) is 0 Å². The van der Waals surface area contributed by atoms with Gasteiger partial charge in [0.05, 0.1) is 0 Å². The van der Waals surface area contributed by atoms with E-state index in [0.717, 1.165) is 60.5 Å². The van der Waals surface area contributed by atoms with Crippen LogP contribution in [-0.2, 0) is 11.2 Å². The lowest BCUT2D eigenvalue weighted by molar-refractivity contribution is -0.116. The number of carbonyl (C=O) groups is 2. The minimum Gasteiger partial charge on any atom is -0.352 e. The van der Waals surface area contributed by atoms with Crippen molar-refractivity contribution >= 4 is 17.5 Å². The minimum atomic E-state index is 0.0313. The Bertz CT molecular complexity index is 749. The van der Waals surface area contributed by atoms with Crippen LogP contribution in [0.15, 0.2) is 18.2 Å². The second-order valence-corrected chi connectivity index (χ2v) is 9.69. The molecule has 1 aromatic carbocycles. The highest BCUT2D eigenvalue weighted by atomic mass is 16.2. The first-order valence-corrected chi connectivity index (χ1v) is 10.7. The molecule has 2 amide bonds. The molecule has 4 nitrogen and oxygen atoms in total. The van der Waals surface area contributed by atoms with E-state index < -0.39 is 0 Å². The average molecular weight is 367 g/mol. The van der Waals surface area contributed by atoms with Gasteiger partial charge in [-0.05, 0) is 98.3 Å². The molecule has 0 saturated heterocycles. The van der Waals surface area contributed by atoms with E-state index in [1.165, 1.54) is 38.5 Å². The van der Waals surface area contributed by atoms with Gasteiger partial charge in [-0.2, -0.15) is 0 Å². The highest BCUT2D eigenvalue weighted by molar-refractivity contribution is 5.97. The van der Waals surface area contributed by atoms with Crippen molar-refractivity contribution < 1.29 is 9.59 Å². The maximum absolute atomic E-state index is 12.7. The summed E-state index contributed by atoms with van der Waals surface area (Å²) in [6.45, 7) is 3.11. The number of nitrogens with one attached hydrogen (secondary N) is 1. The van der Waals surface area contributed by atoms with E-state index in [1.54, 1.807) is 11.8 Å². The zero-order chi connectivity index (χ0) is 18.6. The summed E-state index contributed by atoms with van der Waals surface area (Å²) >= 11 is 0. The van der Waals surface area contributed by atoms with Crippen molar-refractivity contribution in [3.8, 4) is 0 Å². The Morgan fingerprint density at radius 3 is 2.41 bits per heavy atom. The monoisotopic (exact) mass is 366 g/mol. The smallest absolute Gasteiger partial charge is 0.251 e. The fourth-order valence-corrected chi connectivity index (χ4v) is 7.01. The van der Waals surface area contributed by atoms with E-state index in [4.69, 9.17) is 0 Å². The van der Waals surface area contributed by atoms with Gasteiger partial charge in [0.15, 0.2) is 0 Å². The van der Waals surface area contributed by atoms with E-state index >= 15 is 0 Å². The molecule has 4 fully saturated rings. The molecule has 0 aromatic heterocycles. The molecule has 1 aliphatic heterocycles. The predicted molar refractivity (Wildman–Crippen MR) is 106 cm³/mol. The first-order chi connectivity index (χ1) is 13.0. The van der Waals surface area contributed by atoms with Gasteiger partial charge >= 0.3 is 0 Å². The summed E-state index contributed by atoms with van der Waals surface area (Å²) in [7, 11) is 0. The minimum absolute atomic E-state index is 0.0313. The molecule has 4 saturated carbocycles. The second kappa shape index (κ2) is 6.35. The summed E-state index contributed by atoms with van der Waals surface area (Å²) in [6.07, 6.45) is 10.6. The molecule has 1 aromatic rings. The van der Waals surface area contributed by atoms with Gasteiger partial charge in [0.1, 0.15) is 0 Å². The van der Waals surface area contributed by atoms with Crippen molar-refractivity contribution in [2.45, 2.75) is 58.3 Å². The fourth-order valence-electron chi connectivity index (χ4n) is 7.01. The average Bonchev–Trinajstić information content (AvgIpc) is 3.03. The number of amides is 2. The first-order valence-electron chi connectivity index (χ1n) is 10.7. The van der Waals surface area contributed by atoms with Crippen LogP contribution in [0.1, 0.15) is 67.8 Å². The van der Waals surface area contributed by atoms with Gasteiger partial charge in [0.25, 0.3) is 5.91 Å². The molecule has 1 N–H and O–H groups in total. The van der Waals surface area contributed by atoms with Crippen LogP contribution in [0.4, 0.5) is 5.69 Å². The standard InChI is InChI=1S/C23H30N2O2/c1-15(26)25-7-4-19-11-20(2-3-21(19)25)22(27)24-6-5-23-12-16-8-17(13-23)10-18(9-16)14-23/h2-3,11,16-18H,4-10,12-14H2,1H3,(H,24,27). The molecule has 4 bridgehead atoms. The van der Waals surface area contributed by atoms with Crippen LogP contribution in [0.2, 0.25) is 0 Å². The predicted octanol–water partition coefficient (Wildman–Crippen LogP) is 3.93. The van der Waals surface area contributed by atoms with Gasteiger partial charge in [0.2, 0.25) is 5.91 Å². The lowest BCUT2D eigenvalue weighted by atomic mass is 9.49. The van der Waals surface area contributed by atoms with Gasteiger partial charge in [-0.3, -0.25) is 9.59 Å². The van der Waals surface area contributed by atoms with Gasteiger partial charge < -0.3 is 10.2 Å². The van der Waals surface area contributed by atoms with Crippen LogP contribution in [0, 0.1) is 23.2 Å². The summed E-state index contributed by atoms with van der Waals surface area (Å²) in [4.78, 5) is 26.1. The van der Waals surface area contributed by atoms with Gasteiger partial charge in [-0.25, -0.2) is 0 Å². The normalized spacial score (nSPS) is 33.2. The van der Waals surface area contributed by atoms with Crippen LogP contribution in [0.3, 0.4) is 0 Å². The lowest BCUT2D eigenvalue weighted by Gasteiger charge is -2.57. The summed E-state index contributed by atoms with van der Waals surface area (Å²) < 4.78 is 0. The van der Waals surface area contributed by atoms with Gasteiger partial charge in [0, 0.05) is 31.3 Å². The third kappa shape index (κ3) is 3.07. The zero-order valence-electron chi connectivity index (χ0n) is 16.3. The van der Waals surface area contributed by atoms with Gasteiger partial charge in [-0.15, -0.1) is 0 Å². The van der Waals surface area contributed by atoms with Crippen LogP contribution in [-0.4, -0.2) is 24.9 Å². The van der Waals surface area contributed by atoms with E-state index in [-0.39, 0.29) is 11.8 Å². The Hall–Kier alpha value is -1.84. The molecule has 4 heteroatoms. The number of carbonyl (C=O) groups excluding carboxylic acids is 2. The van der Waals surface area contributed by atoms with Crippen molar-refractivity contribution in [3.05, 3.63) is 29.3 Å². The van der Waals surface area contributed by atoms with E-state index in [2.05, 4.69) is 5.32 Å². The van der Waals surface area contributed by atoms with Crippen molar-refractivity contribution in [3.63, 3.8) is 0 Å². The van der Waals surface area contributed by atoms with Crippen molar-refractivity contribution in [1.82, 2.24) is 5.32 Å². The maximum Gasteiger partial charge on any atom is 0.251 e. The Labute approximate surface area is 161 Å². The van der Waals surface area contributed by atoms with Crippen LogP contribution >= 0.6 is 0 Å². The molecule has 0 spiro atoms.